The highest BCUT2D eigenvalue weighted by Crippen LogP contribution is 2.42. The maximum absolute atomic E-state index is 3.89. The van der Waals surface area contributed by atoms with Crippen LogP contribution in [-0.2, 0) is 13.0 Å². The Morgan fingerprint density at radius 3 is 3.00 bits per heavy atom. The van der Waals surface area contributed by atoms with Crippen LogP contribution in [0.3, 0.4) is 0 Å². The molecule has 0 saturated carbocycles. The molecule has 1 aliphatic carbocycles. The van der Waals surface area contributed by atoms with Gasteiger partial charge in [0.15, 0.2) is 0 Å². The Morgan fingerprint density at radius 1 is 1.21 bits per heavy atom. The smallest absolute Gasteiger partial charge is 0.0533 e. The Hall–Kier alpha value is -2.28. The van der Waals surface area contributed by atoms with Gasteiger partial charge in [0.1, 0.15) is 0 Å². The topological polar surface area (TPSA) is 4.93 Å². The Kier molecular flexibility index (Phi) is 2.16. The summed E-state index contributed by atoms with van der Waals surface area (Å²) in [7, 11) is 0. The highest BCUT2D eigenvalue weighted by molar-refractivity contribution is 5.95. The normalized spacial score (nSPS) is 12.4. The second-order valence-electron chi connectivity index (χ2n) is 4.99. The summed E-state index contributed by atoms with van der Waals surface area (Å²) in [5.74, 6) is 0. The molecule has 1 aliphatic rings. The van der Waals surface area contributed by atoms with E-state index in [1.807, 2.05) is 12.1 Å². The third-order valence-corrected chi connectivity index (χ3v) is 3.93. The molecule has 1 nitrogen and oxygen atoms in total. The van der Waals surface area contributed by atoms with Crippen LogP contribution in [0.5, 0.6) is 0 Å². The van der Waals surface area contributed by atoms with E-state index in [9.17, 15) is 0 Å². The minimum Gasteiger partial charge on any atom is -0.336 e. The van der Waals surface area contributed by atoms with Gasteiger partial charge in [0.25, 0.3) is 0 Å². The van der Waals surface area contributed by atoms with E-state index in [0.717, 1.165) is 13.0 Å². The first-order chi connectivity index (χ1) is 9.40. The summed E-state index contributed by atoms with van der Waals surface area (Å²) in [5.41, 5.74) is 6.82. The maximum atomic E-state index is 3.89. The zero-order valence-electron chi connectivity index (χ0n) is 10.7. The van der Waals surface area contributed by atoms with E-state index >= 15 is 0 Å². The molecule has 4 rings (SSSR count). The fourth-order valence-corrected chi connectivity index (χ4v) is 3.19. The van der Waals surface area contributed by atoms with E-state index < -0.39 is 0 Å². The van der Waals surface area contributed by atoms with Crippen LogP contribution >= 0.6 is 0 Å². The van der Waals surface area contributed by atoms with E-state index in [-0.39, 0.29) is 0 Å². The van der Waals surface area contributed by atoms with Gasteiger partial charge in [-0.25, -0.2) is 0 Å². The van der Waals surface area contributed by atoms with Crippen LogP contribution < -0.4 is 0 Å². The maximum Gasteiger partial charge on any atom is 0.0533 e. The minimum absolute atomic E-state index is 0.845. The van der Waals surface area contributed by atoms with Crippen LogP contribution in [0.15, 0.2) is 55.1 Å². The van der Waals surface area contributed by atoms with Gasteiger partial charge < -0.3 is 4.57 Å². The van der Waals surface area contributed by atoms with Crippen molar-refractivity contribution in [1.82, 2.24) is 4.57 Å². The van der Waals surface area contributed by atoms with Crippen LogP contribution in [0.25, 0.3) is 22.2 Å². The summed E-state index contributed by atoms with van der Waals surface area (Å²) in [5, 5.41) is 1.26. The van der Waals surface area contributed by atoms with Crippen molar-refractivity contribution < 1.29 is 0 Å². The van der Waals surface area contributed by atoms with Crippen molar-refractivity contribution in [2.24, 2.45) is 0 Å². The molecule has 0 saturated heterocycles. The average Bonchev–Trinajstić information content (AvgIpc) is 2.96. The summed E-state index contributed by atoms with van der Waals surface area (Å²) in [6.45, 7) is 4.74. The molecule has 0 unspecified atom stereocenters. The quantitative estimate of drug-likeness (QED) is 0.466. The third-order valence-electron chi connectivity index (χ3n) is 3.93. The molecule has 1 radical (unpaired) electrons. The van der Waals surface area contributed by atoms with E-state index in [1.54, 1.807) is 0 Å². The molecular formula is C18H14N. The molecule has 1 heterocycles. The summed E-state index contributed by atoms with van der Waals surface area (Å²) in [6, 6.07) is 18.3. The highest BCUT2D eigenvalue weighted by atomic mass is 15.0. The zero-order valence-corrected chi connectivity index (χ0v) is 10.7. The molecule has 0 atom stereocenters. The number of nitrogens with zero attached hydrogens (tertiary/aromatic N) is 1. The van der Waals surface area contributed by atoms with Crippen LogP contribution in [0.1, 0.15) is 11.1 Å². The zero-order chi connectivity index (χ0) is 12.8. The Labute approximate surface area is 112 Å². The molecule has 91 valence electrons. The number of allylic oxidation sites excluding steroid dienone is 1. The lowest BCUT2D eigenvalue weighted by Gasteiger charge is -2.08. The van der Waals surface area contributed by atoms with Gasteiger partial charge in [0.2, 0.25) is 0 Å². The predicted molar refractivity (Wildman–Crippen MR) is 79.2 cm³/mol. The number of rotatable bonds is 2. The van der Waals surface area contributed by atoms with Crippen molar-refractivity contribution in [2.45, 2.75) is 13.0 Å². The van der Waals surface area contributed by atoms with E-state index in [4.69, 9.17) is 0 Å². The largest absolute Gasteiger partial charge is 0.336 e. The molecule has 19 heavy (non-hydrogen) atoms. The molecule has 0 spiro atoms. The van der Waals surface area contributed by atoms with Crippen molar-refractivity contribution in [1.29, 1.82) is 0 Å². The van der Waals surface area contributed by atoms with Crippen molar-refractivity contribution in [3.8, 4) is 11.3 Å². The van der Waals surface area contributed by atoms with Crippen molar-refractivity contribution in [3.63, 3.8) is 0 Å². The van der Waals surface area contributed by atoms with Gasteiger partial charge in [0, 0.05) is 29.4 Å². The lowest BCUT2D eigenvalue weighted by Crippen LogP contribution is -1.97. The molecule has 3 aromatic rings. The van der Waals surface area contributed by atoms with Crippen molar-refractivity contribution >= 4 is 10.9 Å². The summed E-state index contributed by atoms with van der Waals surface area (Å²) in [4.78, 5) is 0. The standard InChI is InChI=1S/C18H14N/c1-2-11-19-17-10-6-5-9-15(17)16-12-13-7-3-4-8-14(13)18(16)19/h2-8,10H,1,11-12H2. The number of hydrogen-bond acceptors (Lipinski definition) is 0. The molecular weight excluding hydrogens is 230 g/mol. The fourth-order valence-electron chi connectivity index (χ4n) is 3.19. The van der Waals surface area contributed by atoms with Crippen molar-refractivity contribution in [2.75, 3.05) is 0 Å². The number of fused-ring (bicyclic) bond motifs is 5. The van der Waals surface area contributed by atoms with Gasteiger partial charge in [-0.3, -0.25) is 0 Å². The summed E-state index contributed by atoms with van der Waals surface area (Å²) < 4.78 is 2.36. The molecule has 2 aromatic carbocycles. The molecule has 0 amide bonds. The minimum atomic E-state index is 0.845. The van der Waals surface area contributed by atoms with Crippen molar-refractivity contribution in [3.05, 3.63) is 72.3 Å². The molecule has 0 aliphatic heterocycles. The first kappa shape index (κ1) is 10.6. The molecule has 0 fully saturated rings. The fraction of sp³-hybridized carbons (Fsp3) is 0.111. The first-order valence-electron chi connectivity index (χ1n) is 6.61. The number of aromatic nitrogens is 1. The molecule has 1 aromatic heterocycles. The van der Waals surface area contributed by atoms with Gasteiger partial charge >= 0.3 is 0 Å². The van der Waals surface area contributed by atoms with Gasteiger partial charge in [-0.1, -0.05) is 42.5 Å². The highest BCUT2D eigenvalue weighted by Gasteiger charge is 2.25. The van der Waals surface area contributed by atoms with E-state index in [1.165, 1.54) is 33.3 Å². The van der Waals surface area contributed by atoms with E-state index in [2.05, 4.69) is 53.6 Å². The summed E-state index contributed by atoms with van der Waals surface area (Å²) >= 11 is 0. The predicted octanol–water partition coefficient (Wildman–Crippen LogP) is 4.20. The number of hydrogen-bond donors (Lipinski definition) is 0. The second-order valence-corrected chi connectivity index (χ2v) is 4.99. The van der Waals surface area contributed by atoms with Gasteiger partial charge in [-0.2, -0.15) is 0 Å². The molecule has 0 N–H and O–H groups in total. The SMILES string of the molecule is C=CCn1c2c(c3[c]cccc31)Cc1ccccc1-2. The van der Waals surface area contributed by atoms with Crippen LogP contribution in [0, 0.1) is 6.07 Å². The Morgan fingerprint density at radius 2 is 2.11 bits per heavy atom. The Bertz CT molecular complexity index is 793. The van der Waals surface area contributed by atoms with Crippen LogP contribution in [0.2, 0.25) is 0 Å². The summed E-state index contributed by atoms with van der Waals surface area (Å²) in [6.07, 6.45) is 2.99. The number of benzene rings is 2. The van der Waals surface area contributed by atoms with Crippen LogP contribution in [-0.4, -0.2) is 4.57 Å². The first-order valence-corrected chi connectivity index (χ1v) is 6.61. The molecule has 1 heteroatoms. The van der Waals surface area contributed by atoms with Gasteiger partial charge in [-0.05, 0) is 23.3 Å². The lowest BCUT2D eigenvalue weighted by atomic mass is 10.1. The molecule has 0 bridgehead atoms. The van der Waals surface area contributed by atoms with Gasteiger partial charge in [0.05, 0.1) is 5.69 Å². The lowest BCUT2D eigenvalue weighted by molar-refractivity contribution is 0.874. The third kappa shape index (κ3) is 1.36. The van der Waals surface area contributed by atoms with Gasteiger partial charge in [-0.15, -0.1) is 6.58 Å². The Balaban J connectivity index is 2.12. The van der Waals surface area contributed by atoms with E-state index in [0.29, 0.717) is 0 Å². The van der Waals surface area contributed by atoms with Crippen LogP contribution in [0.4, 0.5) is 0 Å². The average molecular weight is 244 g/mol. The monoisotopic (exact) mass is 244 g/mol. The second kappa shape index (κ2) is 3.86.